The molecule has 5 N–H and O–H groups in total. The Morgan fingerprint density at radius 2 is 1.03 bits per heavy atom. The van der Waals surface area contributed by atoms with Gasteiger partial charge in [-0.05, 0) is 17.6 Å². The largest absolute Gasteiger partial charge is 0.549 e. The molecule has 2 atom stereocenters. The van der Waals surface area contributed by atoms with E-state index < -0.39 is 157 Å². The van der Waals surface area contributed by atoms with Gasteiger partial charge in [0.1, 0.15) is 7.59 Å². The fraction of sp³-hybridized carbons (Fsp3) is 0.923. The van der Waals surface area contributed by atoms with E-state index in [1.54, 1.807) is 7.11 Å². The maximum absolute atomic E-state index is 13.3. The van der Waals surface area contributed by atoms with Crippen molar-refractivity contribution in [1.82, 2.24) is 0 Å². The summed E-state index contributed by atoms with van der Waals surface area (Å²) >= 11 is 0. The average molecular weight is 1360 g/mol. The summed E-state index contributed by atoms with van der Waals surface area (Å²) in [7, 11) is -42.6. The van der Waals surface area contributed by atoms with E-state index in [-0.39, 0.29) is 42.2 Å². The Bertz CT molecular complexity index is 1640. The Morgan fingerprint density at radius 3 is 1.33 bits per heavy atom. The van der Waals surface area contributed by atoms with Crippen LogP contribution in [-0.4, -0.2) is 263 Å². The van der Waals surface area contributed by atoms with Crippen LogP contribution in [0.25, 0.3) is 0 Å². The van der Waals surface area contributed by atoms with Crippen molar-refractivity contribution in [3.8, 4) is 12.0 Å². The third kappa shape index (κ3) is 35.5. The minimum Gasteiger partial charge on any atom is -0.541 e. The molecule has 0 aliphatic rings. The van der Waals surface area contributed by atoms with Gasteiger partial charge in [-0.15, -0.1) is 12.0 Å². The number of ether oxygens (including phenoxy) is 7. The standard InChI is InChI=1S/C15H32O8.C11H31F3O12Si14.H2O2Si.O2Si.Y.2H2/c1-17-4-5-19-8-9-21-12-13-23-15-14-22-11-10-20-7-6-18-3-2-16;1-7-39(6,40(28-16,29-17)25-27-15)26-30-31(18)32(19)33(20)34(21)35(22)36(23)37(24)38(5,10(2,3)4)9-8-11(12,13)14;2*1-3-2;;;/h16H,2-15H2,1H3;1,15-17H,8-9,27-30H2,2-6H3;1,3H;;;2*1H. The molecule has 0 saturated heterocycles. The third-order valence-corrected chi connectivity index (χ3v) is 123. The molecular formula is C26H69F3O24Si16Y. The predicted molar refractivity (Wildman–Crippen MR) is 266 cm³/mol. The molecular weight excluding hydrogens is 1290 g/mol. The van der Waals surface area contributed by atoms with Crippen molar-refractivity contribution in [3.63, 3.8) is 0 Å². The molecule has 0 amide bonds. The summed E-state index contributed by atoms with van der Waals surface area (Å²) in [5.74, 6) is 0. The first-order valence-electron chi connectivity index (χ1n) is 20.4. The van der Waals surface area contributed by atoms with Gasteiger partial charge < -0.3 is 101 Å². The number of aliphatic hydroxyl groups is 1. The Labute approximate surface area is 457 Å². The monoisotopic (exact) mass is 1360 g/mol. The van der Waals surface area contributed by atoms with Crippen molar-refractivity contribution >= 4 is 133 Å². The summed E-state index contributed by atoms with van der Waals surface area (Å²) < 4.78 is 202. The van der Waals surface area contributed by atoms with E-state index in [4.69, 9.17) is 71.1 Å². The summed E-state index contributed by atoms with van der Waals surface area (Å²) in [6, 6.07) is -0.564. The average Bonchev–Trinajstić information content (AvgIpc) is 3.30. The SMILES string of the molecule is C#C[Si](C)(O[SiH2][Si](=O)[Si](=O)[Si](=O)[Si](=O)[Si](=O)[Si](=O)[Si](=O)[Si](C)(CCC(F)(F)F)C(C)(C)C)[Si](O[SiH2]O)([SiH2]O)[SiH2]O.COCCOCCOCCOCCOCCOCCOCCO.O=[SiH]O.O=[Si]=O.[HH].[HH].[Y]. The molecule has 1 radical (unpaired) electrons. The summed E-state index contributed by atoms with van der Waals surface area (Å²) in [4.78, 5) is 36.3. The van der Waals surface area contributed by atoms with Gasteiger partial charge in [-0.25, -0.2) is 0 Å². The second kappa shape index (κ2) is 47.4. The molecule has 0 rings (SSSR count). The van der Waals surface area contributed by atoms with Crippen molar-refractivity contribution < 1.29 is 159 Å². The molecule has 0 saturated carbocycles. The second-order valence-corrected chi connectivity index (χ2v) is 89.2. The summed E-state index contributed by atoms with van der Waals surface area (Å²) in [5, 5.41) is 7.54. The van der Waals surface area contributed by atoms with Crippen LogP contribution in [0.15, 0.2) is 0 Å². The quantitative estimate of drug-likeness (QED) is 0.0219. The van der Waals surface area contributed by atoms with Gasteiger partial charge in [0.2, 0.25) is 16.2 Å². The molecule has 0 heterocycles. The van der Waals surface area contributed by atoms with E-state index in [1.165, 1.54) is 33.9 Å². The van der Waals surface area contributed by atoms with Gasteiger partial charge in [0, 0.05) is 49.1 Å². The van der Waals surface area contributed by atoms with Gasteiger partial charge in [-0.3, -0.25) is 8.92 Å². The van der Waals surface area contributed by atoms with Gasteiger partial charge >= 0.3 is 79.1 Å². The summed E-state index contributed by atoms with van der Waals surface area (Å²) in [6.45, 7) is 10.9. The number of rotatable bonds is 37. The smallest absolute Gasteiger partial charge is 0.541 e. The zero-order valence-corrected chi connectivity index (χ0v) is 60.7. The molecule has 0 aliphatic carbocycles. The summed E-state index contributed by atoms with van der Waals surface area (Å²) in [5.41, 5.74) is 2.37. The van der Waals surface area contributed by atoms with Crippen LogP contribution in [0.3, 0.4) is 0 Å². The van der Waals surface area contributed by atoms with Crippen molar-refractivity contribution in [1.29, 1.82) is 0 Å². The fourth-order valence-corrected chi connectivity index (χ4v) is 137. The van der Waals surface area contributed by atoms with Crippen molar-refractivity contribution in [2.24, 2.45) is 0 Å². The van der Waals surface area contributed by atoms with Crippen molar-refractivity contribution in [3.05, 3.63) is 0 Å². The van der Waals surface area contributed by atoms with Gasteiger partial charge in [-0.2, -0.15) is 13.2 Å². The topological polar surface area (TPSA) is 355 Å². The molecule has 0 aromatic carbocycles. The van der Waals surface area contributed by atoms with Crippen molar-refractivity contribution in [2.75, 3.05) is 99.6 Å². The molecule has 0 bridgehead atoms. The van der Waals surface area contributed by atoms with Gasteiger partial charge in [0.05, 0.1) is 92.5 Å². The molecule has 405 valence electrons. The predicted octanol–water partition coefficient (Wildman–Crippen LogP) is -6.89. The zero-order valence-electron chi connectivity index (χ0n) is 40.0. The van der Waals surface area contributed by atoms with Gasteiger partial charge in [0.25, 0.3) is 17.8 Å². The molecule has 2 unspecified atom stereocenters. The first-order valence-corrected chi connectivity index (χ1v) is 57.1. The van der Waals surface area contributed by atoms with Crippen LogP contribution in [0.2, 0.25) is 24.2 Å². The Kier molecular flexibility index (Phi) is 54.2. The van der Waals surface area contributed by atoms with Crippen LogP contribution < -0.4 is 0 Å². The Hall–Kier alpha value is 1.20. The van der Waals surface area contributed by atoms with E-state index in [1.807, 2.05) is 0 Å². The number of hydrogen-bond donors (Lipinski definition) is 5. The Morgan fingerprint density at radius 1 is 0.686 bits per heavy atom. The minimum atomic E-state index is -4.58. The third-order valence-electron chi connectivity index (χ3n) is 9.37. The minimum absolute atomic E-state index is 0. The molecule has 0 aromatic heterocycles. The van der Waals surface area contributed by atoms with E-state index >= 15 is 0 Å². The van der Waals surface area contributed by atoms with Gasteiger partial charge in [-0.1, -0.05) is 27.3 Å². The molecule has 0 spiro atoms. The van der Waals surface area contributed by atoms with Crippen LogP contribution >= 0.6 is 0 Å². The van der Waals surface area contributed by atoms with Crippen LogP contribution in [0.5, 0.6) is 0 Å². The molecule has 44 heteroatoms. The molecule has 70 heavy (non-hydrogen) atoms. The van der Waals surface area contributed by atoms with Crippen LogP contribution in [-0.2, 0) is 119 Å². The number of aliphatic hydroxyl groups excluding tert-OH is 1. The number of alkyl halides is 3. The molecule has 0 aromatic rings. The maximum atomic E-state index is 13.3. The number of methoxy groups -OCH3 is 1. The Balaban J connectivity index is -0.000000224. The second-order valence-electron chi connectivity index (χ2n) is 14.7. The van der Waals surface area contributed by atoms with E-state index in [9.17, 15) is 58.8 Å². The fourth-order valence-electron chi connectivity index (χ4n) is 4.70. The van der Waals surface area contributed by atoms with Crippen molar-refractivity contribution in [2.45, 2.75) is 57.5 Å². The molecule has 0 fully saturated rings. The normalized spacial score (nSPS) is 14.1. The van der Waals surface area contributed by atoms with E-state index in [0.29, 0.717) is 85.9 Å². The first-order chi connectivity index (χ1) is 32.3. The number of halogens is 3. The van der Waals surface area contributed by atoms with Crippen LogP contribution in [0.4, 0.5) is 13.2 Å². The van der Waals surface area contributed by atoms with E-state index in [0.717, 1.165) is 0 Å². The zero-order chi connectivity index (χ0) is 54.2. The molecule has 24 nitrogen and oxygen atoms in total. The van der Waals surface area contributed by atoms with Gasteiger partial charge in [0.15, 0.2) is 18.6 Å². The number of hydrogen-bond acceptors (Lipinski definition) is 23. The van der Waals surface area contributed by atoms with E-state index in [2.05, 4.69) is 5.54 Å². The first kappa shape index (κ1) is 80.1. The summed E-state index contributed by atoms with van der Waals surface area (Å²) in [6.07, 6.45) is -0.310. The number of terminal acetylenes is 1. The molecule has 0 aliphatic heterocycles. The van der Waals surface area contributed by atoms with Crippen LogP contribution in [0, 0.1) is 12.0 Å². The van der Waals surface area contributed by atoms with Crippen LogP contribution in [0.1, 0.15) is 30.0 Å². The maximum Gasteiger partial charge on any atom is 0.549 e.